The third kappa shape index (κ3) is 2.29. The van der Waals surface area contributed by atoms with Gasteiger partial charge in [0.2, 0.25) is 0 Å². The Morgan fingerprint density at radius 2 is 0.750 bits per heavy atom. The monoisotopic (exact) mass is 490 g/mol. The normalized spacial score (nSPS) is 12.4. The van der Waals surface area contributed by atoms with Crippen LogP contribution in [-0.2, 0) is 0 Å². The zero-order valence-electron chi connectivity index (χ0n) is 19.2. The van der Waals surface area contributed by atoms with Crippen LogP contribution in [0.2, 0.25) is 0 Å². The van der Waals surface area contributed by atoms with Gasteiger partial charge in [-0.3, -0.25) is 0 Å². The van der Waals surface area contributed by atoms with Crippen LogP contribution >= 0.6 is 22.7 Å². The molecule has 0 amide bonds. The van der Waals surface area contributed by atoms with Gasteiger partial charge in [-0.15, -0.1) is 22.7 Å². The number of rotatable bonds is 0. The summed E-state index contributed by atoms with van der Waals surface area (Å²) in [6.07, 6.45) is 0. The van der Waals surface area contributed by atoms with Crippen LogP contribution in [0.15, 0.2) is 109 Å². The Bertz CT molecular complexity index is 2370. The van der Waals surface area contributed by atoms with Crippen LogP contribution in [0, 0.1) is 0 Å². The molecule has 0 spiro atoms. The predicted octanol–water partition coefficient (Wildman–Crippen LogP) is 11.0. The van der Waals surface area contributed by atoms with Crippen molar-refractivity contribution in [2.45, 2.75) is 0 Å². The highest BCUT2D eigenvalue weighted by molar-refractivity contribution is 7.34. The Morgan fingerprint density at radius 1 is 0.278 bits per heavy atom. The molecule has 0 radical (unpaired) electrons. The minimum Gasteiger partial charge on any atom is -0.134 e. The van der Waals surface area contributed by atoms with Crippen molar-refractivity contribution in [1.82, 2.24) is 0 Å². The molecule has 0 atom stereocenters. The lowest BCUT2D eigenvalue weighted by atomic mass is 9.89. The lowest BCUT2D eigenvalue weighted by Gasteiger charge is -2.14. The first-order valence-corrected chi connectivity index (χ1v) is 13.9. The summed E-state index contributed by atoms with van der Waals surface area (Å²) in [5, 5.41) is 16.4. The van der Waals surface area contributed by atoms with Gasteiger partial charge in [-0.05, 0) is 43.8 Å². The third-order valence-corrected chi connectivity index (χ3v) is 10.4. The molecular formula is C34H18S2. The van der Waals surface area contributed by atoms with E-state index in [1.807, 2.05) is 22.7 Å². The molecule has 0 unspecified atom stereocenters. The SMILES string of the molecule is c1ccc2c(c1)sc1c2ccc2c1sc1c2c2ccccc2c2c3ccccc3c3ccccc3c12. The Morgan fingerprint density at radius 3 is 1.44 bits per heavy atom. The smallest absolute Gasteiger partial charge is 0.0534 e. The van der Waals surface area contributed by atoms with E-state index in [9.17, 15) is 0 Å². The number of hydrogen-bond donors (Lipinski definition) is 0. The van der Waals surface area contributed by atoms with Gasteiger partial charge in [0.25, 0.3) is 0 Å². The molecule has 166 valence electrons. The maximum atomic E-state index is 2.37. The molecule has 0 nitrogen and oxygen atoms in total. The van der Waals surface area contributed by atoms with Gasteiger partial charge in [-0.2, -0.15) is 0 Å². The fourth-order valence-corrected chi connectivity index (χ4v) is 9.08. The zero-order valence-corrected chi connectivity index (χ0v) is 20.8. The third-order valence-electron chi connectivity index (χ3n) is 7.83. The first kappa shape index (κ1) is 19.2. The topological polar surface area (TPSA) is 0 Å². The van der Waals surface area contributed by atoms with Crippen molar-refractivity contribution in [2.24, 2.45) is 0 Å². The Balaban J connectivity index is 1.66. The van der Waals surface area contributed by atoms with Crippen molar-refractivity contribution in [3.8, 4) is 0 Å². The first-order valence-electron chi connectivity index (χ1n) is 12.3. The second kappa shape index (κ2) is 6.82. The van der Waals surface area contributed by atoms with Crippen LogP contribution in [0.25, 0.3) is 83.4 Å². The van der Waals surface area contributed by atoms with E-state index in [1.165, 1.54) is 83.4 Å². The average molecular weight is 491 g/mol. The summed E-state index contributed by atoms with van der Waals surface area (Å²) in [4.78, 5) is 0. The van der Waals surface area contributed by atoms with Crippen molar-refractivity contribution >= 4 is 106 Å². The van der Waals surface area contributed by atoms with Gasteiger partial charge in [0.15, 0.2) is 0 Å². The standard InChI is InChI=1S/C34H18S2/c1-3-12-22-19(9-1)20-10-2-4-13-23(20)31-29(22)24-14-5-6-15-25(24)30-27-18-17-26-21-11-7-8-16-28(21)35-32(26)33(27)36-34(30)31/h1-18H. The van der Waals surface area contributed by atoms with E-state index >= 15 is 0 Å². The van der Waals surface area contributed by atoms with E-state index in [1.54, 1.807) is 0 Å². The van der Waals surface area contributed by atoms with Crippen molar-refractivity contribution < 1.29 is 0 Å². The van der Waals surface area contributed by atoms with Crippen LogP contribution in [0.5, 0.6) is 0 Å². The van der Waals surface area contributed by atoms with Gasteiger partial charge < -0.3 is 0 Å². The molecule has 2 heterocycles. The van der Waals surface area contributed by atoms with Crippen molar-refractivity contribution in [2.75, 3.05) is 0 Å². The summed E-state index contributed by atoms with van der Waals surface area (Å²) in [5.74, 6) is 0. The van der Waals surface area contributed by atoms with Gasteiger partial charge in [0, 0.05) is 36.3 Å². The molecule has 0 saturated heterocycles. The summed E-state index contributed by atoms with van der Waals surface area (Å²) >= 11 is 3.92. The van der Waals surface area contributed by atoms with E-state index < -0.39 is 0 Å². The largest absolute Gasteiger partial charge is 0.134 e. The van der Waals surface area contributed by atoms with Crippen LogP contribution in [0.3, 0.4) is 0 Å². The maximum Gasteiger partial charge on any atom is 0.0534 e. The zero-order chi connectivity index (χ0) is 23.4. The van der Waals surface area contributed by atoms with Crippen LogP contribution < -0.4 is 0 Å². The van der Waals surface area contributed by atoms with Crippen LogP contribution in [0.4, 0.5) is 0 Å². The molecule has 7 aromatic carbocycles. The average Bonchev–Trinajstić information content (AvgIpc) is 3.52. The summed E-state index contributed by atoms with van der Waals surface area (Å²) in [6, 6.07) is 40.5. The summed E-state index contributed by atoms with van der Waals surface area (Å²) in [6.45, 7) is 0. The lowest BCUT2D eigenvalue weighted by Crippen LogP contribution is -1.86. The van der Waals surface area contributed by atoms with Gasteiger partial charge in [0.1, 0.15) is 0 Å². The lowest BCUT2D eigenvalue weighted by molar-refractivity contribution is 1.80. The van der Waals surface area contributed by atoms with Crippen molar-refractivity contribution in [3.05, 3.63) is 109 Å². The first-order chi connectivity index (χ1) is 17.9. The van der Waals surface area contributed by atoms with E-state index in [0.717, 1.165) is 0 Å². The molecule has 9 rings (SSSR count). The molecule has 0 N–H and O–H groups in total. The van der Waals surface area contributed by atoms with Crippen LogP contribution in [0.1, 0.15) is 0 Å². The molecule has 2 heteroatoms. The highest BCUT2D eigenvalue weighted by Crippen LogP contribution is 2.51. The molecule has 0 saturated carbocycles. The van der Waals surface area contributed by atoms with Crippen molar-refractivity contribution in [1.29, 1.82) is 0 Å². The van der Waals surface area contributed by atoms with Gasteiger partial charge in [-0.25, -0.2) is 0 Å². The molecule has 0 bridgehead atoms. The van der Waals surface area contributed by atoms with Gasteiger partial charge in [0.05, 0.1) is 9.40 Å². The van der Waals surface area contributed by atoms with Gasteiger partial charge >= 0.3 is 0 Å². The van der Waals surface area contributed by atoms with Gasteiger partial charge in [-0.1, -0.05) is 103 Å². The Kier molecular flexibility index (Phi) is 3.64. The second-order valence-electron chi connectivity index (χ2n) is 9.61. The summed E-state index contributed by atoms with van der Waals surface area (Å²) < 4.78 is 5.60. The number of hydrogen-bond acceptors (Lipinski definition) is 2. The number of thiophene rings is 2. The molecule has 9 aromatic rings. The fraction of sp³-hybridized carbons (Fsp3) is 0. The molecule has 0 aliphatic heterocycles. The van der Waals surface area contributed by atoms with Crippen molar-refractivity contribution in [3.63, 3.8) is 0 Å². The highest BCUT2D eigenvalue weighted by atomic mass is 32.1. The highest BCUT2D eigenvalue weighted by Gasteiger charge is 2.20. The summed E-state index contributed by atoms with van der Waals surface area (Å²) in [7, 11) is 0. The molecule has 36 heavy (non-hydrogen) atoms. The van der Waals surface area contributed by atoms with E-state index in [2.05, 4.69) is 109 Å². The molecule has 0 aliphatic carbocycles. The Hall–Kier alpha value is -3.98. The van der Waals surface area contributed by atoms with E-state index in [0.29, 0.717) is 0 Å². The number of benzene rings is 7. The minimum atomic E-state index is 1.33. The molecule has 0 aliphatic rings. The van der Waals surface area contributed by atoms with E-state index in [4.69, 9.17) is 0 Å². The minimum absolute atomic E-state index is 1.33. The predicted molar refractivity (Wildman–Crippen MR) is 162 cm³/mol. The molecule has 2 aromatic heterocycles. The maximum absolute atomic E-state index is 2.37. The molecule has 0 fully saturated rings. The number of fused-ring (bicyclic) bond motifs is 17. The quantitative estimate of drug-likeness (QED) is 0.185. The van der Waals surface area contributed by atoms with E-state index in [-0.39, 0.29) is 0 Å². The fourth-order valence-electron chi connectivity index (χ4n) is 6.36. The summed E-state index contributed by atoms with van der Waals surface area (Å²) in [5.41, 5.74) is 0. The second-order valence-corrected chi connectivity index (χ2v) is 11.7. The Labute approximate surface area is 214 Å². The van der Waals surface area contributed by atoms with Crippen LogP contribution in [-0.4, -0.2) is 0 Å². The molecular weight excluding hydrogens is 473 g/mol.